The number of pyridine rings is 1. The van der Waals surface area contributed by atoms with Crippen LogP contribution >= 0.6 is 0 Å². The molecule has 30 heavy (non-hydrogen) atoms. The second-order valence-corrected chi connectivity index (χ2v) is 7.01. The minimum Gasteiger partial charge on any atom is -0.380 e. The van der Waals surface area contributed by atoms with Crippen LogP contribution in [0.25, 0.3) is 10.9 Å². The smallest absolute Gasteiger partial charge is 0.258 e. The predicted octanol–water partition coefficient (Wildman–Crippen LogP) is 4.53. The Morgan fingerprint density at radius 1 is 1.13 bits per heavy atom. The number of hydrogen-bond acceptors (Lipinski definition) is 4. The molecule has 4 rings (SSSR count). The summed E-state index contributed by atoms with van der Waals surface area (Å²) < 4.78 is 28.6. The van der Waals surface area contributed by atoms with Crippen LogP contribution in [0.5, 0.6) is 0 Å². The number of rotatable bonds is 6. The molecule has 1 amide bonds. The van der Waals surface area contributed by atoms with Crippen molar-refractivity contribution in [3.63, 3.8) is 0 Å². The van der Waals surface area contributed by atoms with E-state index in [1.807, 2.05) is 25.1 Å². The number of H-pyrrole nitrogens is 1. The summed E-state index contributed by atoms with van der Waals surface area (Å²) in [5.41, 5.74) is 1.84. The first kappa shape index (κ1) is 19.5. The number of nitrogens with one attached hydrogen (secondary N) is 3. The van der Waals surface area contributed by atoms with Crippen LogP contribution in [-0.4, -0.2) is 27.1 Å². The molecule has 0 saturated heterocycles. The van der Waals surface area contributed by atoms with Crippen LogP contribution < -0.4 is 10.6 Å². The maximum Gasteiger partial charge on any atom is 0.258 e. The molecular formula is C22H19F2N5O. The number of hydrogen-bond donors (Lipinski definition) is 3. The van der Waals surface area contributed by atoms with Crippen LogP contribution in [0, 0.1) is 11.6 Å². The number of benzene rings is 2. The summed E-state index contributed by atoms with van der Waals surface area (Å²) in [6, 6.07) is 12.4. The van der Waals surface area contributed by atoms with E-state index in [1.54, 1.807) is 30.6 Å². The molecule has 3 N–H and O–H groups in total. The third-order valence-corrected chi connectivity index (χ3v) is 4.64. The van der Waals surface area contributed by atoms with Crippen LogP contribution in [0.15, 0.2) is 60.9 Å². The molecule has 2 aromatic carbocycles. The molecule has 8 heteroatoms. The summed E-state index contributed by atoms with van der Waals surface area (Å²) in [5.74, 6) is -2.38. The normalized spacial score (nSPS) is 12.0. The van der Waals surface area contributed by atoms with Gasteiger partial charge in [-0.2, -0.15) is 5.10 Å². The molecule has 0 aliphatic carbocycles. The van der Waals surface area contributed by atoms with E-state index in [0.717, 1.165) is 16.6 Å². The molecule has 4 aromatic rings. The van der Waals surface area contributed by atoms with Crippen molar-refractivity contribution in [3.8, 4) is 0 Å². The van der Waals surface area contributed by atoms with Crippen molar-refractivity contribution in [2.24, 2.45) is 0 Å². The Hall–Kier alpha value is -3.81. The van der Waals surface area contributed by atoms with Crippen LogP contribution in [0.3, 0.4) is 0 Å². The van der Waals surface area contributed by atoms with Crippen molar-refractivity contribution in [1.82, 2.24) is 15.2 Å². The number of aromatic amines is 1. The van der Waals surface area contributed by atoms with Crippen LogP contribution in [0.4, 0.5) is 20.2 Å². The Kier molecular flexibility index (Phi) is 5.38. The zero-order chi connectivity index (χ0) is 21.1. The molecular weight excluding hydrogens is 388 g/mol. The molecule has 1 unspecified atom stereocenters. The lowest BCUT2D eigenvalue weighted by molar-refractivity contribution is 0.102. The molecule has 152 valence electrons. The number of nitrogens with zero attached hydrogens (tertiary/aromatic N) is 2. The van der Waals surface area contributed by atoms with Gasteiger partial charge in [-0.05, 0) is 43.3 Å². The Bertz CT molecular complexity index is 1190. The Labute approximate surface area is 171 Å². The second kappa shape index (κ2) is 8.28. The topological polar surface area (TPSA) is 82.7 Å². The maximum atomic E-state index is 14.3. The molecule has 0 aliphatic rings. The fourth-order valence-electron chi connectivity index (χ4n) is 3.20. The summed E-state index contributed by atoms with van der Waals surface area (Å²) in [7, 11) is 0. The van der Waals surface area contributed by atoms with Crippen molar-refractivity contribution in [2.45, 2.75) is 19.4 Å². The standard InChI is InChI=1S/C22H19F2N5O/c1-13(8-15-4-2-3-7-25-15)27-21-10-17(18(23)11-19(21)24)22(30)28-16-6-5-14-12-26-29-20(14)9-16/h2-7,9-13,27H,8H2,1H3,(H,26,29)(H,28,30). The average Bonchev–Trinajstić information content (AvgIpc) is 3.18. The highest BCUT2D eigenvalue weighted by Gasteiger charge is 2.18. The number of carbonyl (C=O) groups is 1. The van der Waals surface area contributed by atoms with Gasteiger partial charge in [0, 0.05) is 41.5 Å². The molecule has 0 fully saturated rings. The first-order chi connectivity index (χ1) is 14.5. The van der Waals surface area contributed by atoms with Crippen LogP contribution in [-0.2, 0) is 6.42 Å². The number of fused-ring (bicyclic) bond motifs is 1. The van der Waals surface area contributed by atoms with E-state index in [4.69, 9.17) is 0 Å². The minimum atomic E-state index is -0.935. The molecule has 0 aliphatic heterocycles. The lowest BCUT2D eigenvalue weighted by atomic mass is 10.1. The van der Waals surface area contributed by atoms with Crippen LogP contribution in [0.1, 0.15) is 23.0 Å². The van der Waals surface area contributed by atoms with E-state index in [2.05, 4.69) is 25.8 Å². The fraction of sp³-hybridized carbons (Fsp3) is 0.136. The zero-order valence-corrected chi connectivity index (χ0v) is 16.1. The Balaban J connectivity index is 1.52. The summed E-state index contributed by atoms with van der Waals surface area (Å²) in [5, 5.41) is 13.2. The van der Waals surface area contributed by atoms with E-state index in [9.17, 15) is 13.6 Å². The molecule has 2 aromatic heterocycles. The Morgan fingerprint density at radius 2 is 2.00 bits per heavy atom. The van der Waals surface area contributed by atoms with E-state index < -0.39 is 17.5 Å². The van der Waals surface area contributed by atoms with Gasteiger partial charge in [0.2, 0.25) is 0 Å². The summed E-state index contributed by atoms with van der Waals surface area (Å²) >= 11 is 0. The van der Waals surface area contributed by atoms with Crippen molar-refractivity contribution >= 4 is 28.2 Å². The molecule has 0 saturated carbocycles. The number of anilines is 2. The number of carbonyl (C=O) groups excluding carboxylic acids is 1. The zero-order valence-electron chi connectivity index (χ0n) is 16.1. The van der Waals surface area contributed by atoms with Crippen molar-refractivity contribution in [1.29, 1.82) is 0 Å². The highest BCUT2D eigenvalue weighted by atomic mass is 19.1. The van der Waals surface area contributed by atoms with E-state index in [0.29, 0.717) is 18.2 Å². The van der Waals surface area contributed by atoms with Gasteiger partial charge in [-0.1, -0.05) is 6.07 Å². The number of amides is 1. The summed E-state index contributed by atoms with van der Waals surface area (Å²) in [6.07, 6.45) is 3.89. The van der Waals surface area contributed by atoms with E-state index >= 15 is 0 Å². The highest BCUT2D eigenvalue weighted by Crippen LogP contribution is 2.23. The Morgan fingerprint density at radius 3 is 2.80 bits per heavy atom. The minimum absolute atomic E-state index is 0.0500. The lowest BCUT2D eigenvalue weighted by Gasteiger charge is -2.17. The number of halogens is 2. The first-order valence-corrected chi connectivity index (χ1v) is 9.39. The van der Waals surface area contributed by atoms with Gasteiger partial charge in [0.25, 0.3) is 5.91 Å². The molecule has 6 nitrogen and oxygen atoms in total. The largest absolute Gasteiger partial charge is 0.380 e. The van der Waals surface area contributed by atoms with E-state index in [1.165, 1.54) is 6.07 Å². The molecule has 0 bridgehead atoms. The van der Waals surface area contributed by atoms with Gasteiger partial charge in [0.1, 0.15) is 11.6 Å². The van der Waals surface area contributed by atoms with Crippen molar-refractivity contribution < 1.29 is 13.6 Å². The van der Waals surface area contributed by atoms with Gasteiger partial charge in [-0.3, -0.25) is 14.9 Å². The monoisotopic (exact) mass is 407 g/mol. The third-order valence-electron chi connectivity index (χ3n) is 4.64. The highest BCUT2D eigenvalue weighted by molar-refractivity contribution is 6.05. The van der Waals surface area contributed by atoms with Gasteiger partial charge < -0.3 is 10.6 Å². The molecule has 0 spiro atoms. The van der Waals surface area contributed by atoms with Gasteiger partial charge >= 0.3 is 0 Å². The second-order valence-electron chi connectivity index (χ2n) is 7.01. The fourth-order valence-corrected chi connectivity index (χ4v) is 3.20. The van der Waals surface area contributed by atoms with Gasteiger partial charge in [-0.15, -0.1) is 0 Å². The van der Waals surface area contributed by atoms with Crippen LogP contribution in [0.2, 0.25) is 0 Å². The molecule has 2 heterocycles. The molecule has 1 atom stereocenters. The predicted molar refractivity (Wildman–Crippen MR) is 111 cm³/mol. The summed E-state index contributed by atoms with van der Waals surface area (Å²) in [6.45, 7) is 1.86. The van der Waals surface area contributed by atoms with Gasteiger partial charge in [-0.25, -0.2) is 8.78 Å². The number of aromatic nitrogens is 3. The average molecular weight is 407 g/mol. The summed E-state index contributed by atoms with van der Waals surface area (Å²) in [4.78, 5) is 16.9. The SMILES string of the molecule is CC(Cc1ccccn1)Nc1cc(C(=O)Nc2ccc3cn[nH]c3c2)c(F)cc1F. The lowest BCUT2D eigenvalue weighted by Crippen LogP contribution is -2.21. The van der Waals surface area contributed by atoms with E-state index in [-0.39, 0.29) is 17.3 Å². The van der Waals surface area contributed by atoms with Crippen molar-refractivity contribution in [2.75, 3.05) is 10.6 Å². The van der Waals surface area contributed by atoms with Crippen molar-refractivity contribution in [3.05, 3.63) is 83.8 Å². The quantitative estimate of drug-likeness (QED) is 0.439. The molecule has 0 radical (unpaired) electrons. The third kappa shape index (κ3) is 4.27. The first-order valence-electron chi connectivity index (χ1n) is 9.39. The van der Waals surface area contributed by atoms with Gasteiger partial charge in [0.05, 0.1) is 23.0 Å². The maximum absolute atomic E-state index is 14.3. The van der Waals surface area contributed by atoms with Gasteiger partial charge in [0.15, 0.2) is 0 Å².